The van der Waals surface area contributed by atoms with Gasteiger partial charge in [0.15, 0.2) is 11.0 Å². The quantitative estimate of drug-likeness (QED) is 0.549. The van der Waals surface area contributed by atoms with Crippen LogP contribution in [0.4, 0.5) is 0 Å². The molecule has 0 aliphatic carbocycles. The lowest BCUT2D eigenvalue weighted by Gasteiger charge is -2.17. The molecule has 2 aromatic heterocycles. The molecule has 158 valence electrons. The molecule has 0 spiro atoms. The van der Waals surface area contributed by atoms with Crippen molar-refractivity contribution in [2.75, 3.05) is 12.4 Å². The predicted octanol–water partition coefficient (Wildman–Crippen LogP) is 2.89. The van der Waals surface area contributed by atoms with E-state index in [0.29, 0.717) is 18.1 Å². The molecule has 0 aromatic carbocycles. The molecule has 1 aliphatic heterocycles. The lowest BCUT2D eigenvalue weighted by molar-refractivity contribution is -0.141. The van der Waals surface area contributed by atoms with E-state index in [0.717, 1.165) is 30.2 Å². The van der Waals surface area contributed by atoms with E-state index in [4.69, 9.17) is 4.74 Å². The molecule has 1 saturated heterocycles. The third-order valence-corrected chi connectivity index (χ3v) is 6.37. The van der Waals surface area contributed by atoms with Crippen LogP contribution in [-0.2, 0) is 20.9 Å². The Balaban J connectivity index is 1.68. The maximum absolute atomic E-state index is 12.3. The fourth-order valence-electron chi connectivity index (χ4n) is 3.20. The molecule has 8 nitrogen and oxygen atoms in total. The molecule has 2 N–H and O–H groups in total. The van der Waals surface area contributed by atoms with Crippen LogP contribution in [0.25, 0.3) is 10.7 Å². The largest absolute Gasteiger partial charge is 0.480 e. The molecule has 1 amide bonds. The van der Waals surface area contributed by atoms with Gasteiger partial charge in [0.2, 0.25) is 5.91 Å². The maximum atomic E-state index is 12.3. The minimum Gasteiger partial charge on any atom is -0.480 e. The zero-order chi connectivity index (χ0) is 20.8. The Morgan fingerprint density at radius 1 is 1.45 bits per heavy atom. The van der Waals surface area contributed by atoms with Crippen LogP contribution in [0.15, 0.2) is 22.7 Å². The Morgan fingerprint density at radius 2 is 2.28 bits per heavy atom. The summed E-state index contributed by atoms with van der Waals surface area (Å²) in [6, 6.07) is 3.08. The van der Waals surface area contributed by atoms with Gasteiger partial charge in [-0.2, -0.15) is 0 Å². The zero-order valence-electron chi connectivity index (χ0n) is 16.5. The second-order valence-electron chi connectivity index (χ2n) is 7.41. The summed E-state index contributed by atoms with van der Waals surface area (Å²) in [5, 5.41) is 23.1. The summed E-state index contributed by atoms with van der Waals surface area (Å²) in [5.74, 6) is -0.324. The monoisotopic (exact) mass is 438 g/mol. The van der Waals surface area contributed by atoms with Gasteiger partial charge in [-0.3, -0.25) is 9.36 Å². The Hall–Kier alpha value is -1.91. The number of carboxylic acid groups (broad SMARTS) is 1. The number of aliphatic carboxylic acids is 1. The highest BCUT2D eigenvalue weighted by Gasteiger charge is 2.24. The number of nitrogens with one attached hydrogen (secondary N) is 1. The molecular weight excluding hydrogens is 412 g/mol. The number of thioether (sulfide) groups is 1. The predicted molar refractivity (Wildman–Crippen MR) is 112 cm³/mol. The maximum Gasteiger partial charge on any atom is 0.326 e. The highest BCUT2D eigenvalue weighted by atomic mass is 32.2. The first-order valence-corrected chi connectivity index (χ1v) is 11.5. The first-order valence-electron chi connectivity index (χ1n) is 9.67. The summed E-state index contributed by atoms with van der Waals surface area (Å²) in [6.07, 6.45) is 2.53. The number of carbonyl (C=O) groups is 2. The topological polar surface area (TPSA) is 106 Å². The van der Waals surface area contributed by atoms with Crippen LogP contribution in [0.5, 0.6) is 0 Å². The van der Waals surface area contributed by atoms with Gasteiger partial charge in [0.1, 0.15) is 6.04 Å². The van der Waals surface area contributed by atoms with E-state index in [2.05, 4.69) is 15.5 Å². The molecule has 3 rings (SSSR count). The molecule has 2 atom stereocenters. The van der Waals surface area contributed by atoms with E-state index in [1.54, 1.807) is 11.3 Å². The van der Waals surface area contributed by atoms with Gasteiger partial charge < -0.3 is 15.2 Å². The van der Waals surface area contributed by atoms with Crippen molar-refractivity contribution < 1.29 is 19.4 Å². The molecule has 0 bridgehead atoms. The fraction of sp³-hybridized carbons (Fsp3) is 0.579. The van der Waals surface area contributed by atoms with Crippen molar-refractivity contribution in [3.63, 3.8) is 0 Å². The van der Waals surface area contributed by atoms with Gasteiger partial charge in [0.25, 0.3) is 0 Å². The van der Waals surface area contributed by atoms with Crippen molar-refractivity contribution in [2.24, 2.45) is 5.92 Å². The molecule has 29 heavy (non-hydrogen) atoms. The first kappa shape index (κ1) is 21.8. The van der Waals surface area contributed by atoms with Gasteiger partial charge >= 0.3 is 5.97 Å². The molecule has 1 fully saturated rings. The third kappa shape index (κ3) is 6.03. The summed E-state index contributed by atoms with van der Waals surface area (Å²) in [6.45, 7) is 5.25. The highest BCUT2D eigenvalue weighted by molar-refractivity contribution is 7.99. The van der Waals surface area contributed by atoms with Crippen LogP contribution in [0, 0.1) is 5.92 Å². The molecule has 0 saturated carbocycles. The summed E-state index contributed by atoms with van der Waals surface area (Å²) < 4.78 is 7.77. The lowest BCUT2D eigenvalue weighted by Crippen LogP contribution is -2.42. The minimum atomic E-state index is -1.02. The number of thiophene rings is 1. The van der Waals surface area contributed by atoms with Crippen LogP contribution in [0.2, 0.25) is 0 Å². The molecular formula is C19H26N4O4S2. The first-order chi connectivity index (χ1) is 13.9. The van der Waals surface area contributed by atoms with E-state index >= 15 is 0 Å². The van der Waals surface area contributed by atoms with E-state index in [-0.39, 0.29) is 23.7 Å². The van der Waals surface area contributed by atoms with Crippen molar-refractivity contribution in [1.82, 2.24) is 20.1 Å². The zero-order valence-corrected chi connectivity index (χ0v) is 18.2. The summed E-state index contributed by atoms with van der Waals surface area (Å²) in [4.78, 5) is 24.7. The number of carboxylic acids is 1. The number of rotatable bonds is 10. The number of aromatic nitrogens is 3. The lowest BCUT2D eigenvalue weighted by atomic mass is 10.0. The van der Waals surface area contributed by atoms with Gasteiger partial charge in [-0.25, -0.2) is 4.79 Å². The average Bonchev–Trinajstić information content (AvgIpc) is 3.41. The molecule has 0 radical (unpaired) electrons. The number of hydrogen-bond donors (Lipinski definition) is 2. The summed E-state index contributed by atoms with van der Waals surface area (Å²) >= 11 is 2.85. The van der Waals surface area contributed by atoms with Crippen molar-refractivity contribution >= 4 is 35.0 Å². The number of amides is 1. The number of ether oxygens (including phenoxy) is 1. The number of carbonyl (C=O) groups excluding carboxylic acids is 1. The Kier molecular flexibility index (Phi) is 7.68. The van der Waals surface area contributed by atoms with Gasteiger partial charge in [-0.05, 0) is 36.6 Å². The standard InChI is InChI=1S/C19H26N4O4S2/c1-12(2)9-14(18(25)26)20-16(24)11-29-19-22-21-17(15-6-4-8-28-15)23(19)10-13-5-3-7-27-13/h4,6,8,12-14H,3,5,7,9-11H2,1-2H3,(H,20,24)(H,25,26). The smallest absolute Gasteiger partial charge is 0.326 e. The Labute approximate surface area is 178 Å². The van der Waals surface area contributed by atoms with Crippen LogP contribution in [-0.4, -0.2) is 56.3 Å². The van der Waals surface area contributed by atoms with Crippen LogP contribution in [0.1, 0.15) is 33.1 Å². The molecule has 1 aliphatic rings. The van der Waals surface area contributed by atoms with Gasteiger partial charge in [0, 0.05) is 6.61 Å². The van der Waals surface area contributed by atoms with Gasteiger partial charge in [-0.15, -0.1) is 21.5 Å². The SMILES string of the molecule is CC(C)CC(NC(=O)CSc1nnc(-c2cccs2)n1CC1CCCO1)C(=O)O. The highest BCUT2D eigenvalue weighted by Crippen LogP contribution is 2.29. The van der Waals surface area contributed by atoms with Crippen LogP contribution >= 0.6 is 23.1 Å². The number of nitrogens with zero attached hydrogens (tertiary/aromatic N) is 3. The average molecular weight is 439 g/mol. The van der Waals surface area contributed by atoms with Crippen molar-refractivity contribution in [3.05, 3.63) is 17.5 Å². The van der Waals surface area contributed by atoms with E-state index in [1.165, 1.54) is 11.8 Å². The third-order valence-electron chi connectivity index (χ3n) is 4.54. The van der Waals surface area contributed by atoms with Gasteiger partial charge in [0.05, 0.1) is 23.3 Å². The summed E-state index contributed by atoms with van der Waals surface area (Å²) in [5.41, 5.74) is 0. The Morgan fingerprint density at radius 3 is 2.90 bits per heavy atom. The second kappa shape index (κ2) is 10.2. The molecule has 2 unspecified atom stereocenters. The van der Waals surface area contributed by atoms with E-state index in [9.17, 15) is 14.7 Å². The van der Waals surface area contributed by atoms with E-state index < -0.39 is 12.0 Å². The molecule has 10 heteroatoms. The van der Waals surface area contributed by atoms with E-state index in [1.807, 2.05) is 35.9 Å². The van der Waals surface area contributed by atoms with Crippen molar-refractivity contribution in [1.29, 1.82) is 0 Å². The number of hydrogen-bond acceptors (Lipinski definition) is 7. The van der Waals surface area contributed by atoms with Crippen LogP contribution < -0.4 is 5.32 Å². The molecule has 2 aromatic rings. The Bertz CT molecular complexity index is 816. The minimum absolute atomic E-state index is 0.0793. The fourth-order valence-corrected chi connectivity index (χ4v) is 4.68. The van der Waals surface area contributed by atoms with Gasteiger partial charge in [-0.1, -0.05) is 31.7 Å². The van der Waals surface area contributed by atoms with Crippen molar-refractivity contribution in [2.45, 2.75) is 57.0 Å². The summed E-state index contributed by atoms with van der Waals surface area (Å²) in [7, 11) is 0. The van der Waals surface area contributed by atoms with Crippen molar-refractivity contribution in [3.8, 4) is 10.7 Å². The molecule has 3 heterocycles. The normalized spacial score (nSPS) is 17.6. The second-order valence-corrected chi connectivity index (χ2v) is 9.30. The van der Waals surface area contributed by atoms with Crippen LogP contribution in [0.3, 0.4) is 0 Å².